The largest absolute Gasteiger partial charge is 0.498 e. The molecule has 15 heteroatoms. The van der Waals surface area contributed by atoms with Gasteiger partial charge in [0, 0.05) is 57.1 Å². The van der Waals surface area contributed by atoms with Crippen molar-refractivity contribution in [2.45, 2.75) is 110 Å². The Morgan fingerprint density at radius 2 is 1.46 bits per heavy atom. The van der Waals surface area contributed by atoms with Crippen LogP contribution in [0.2, 0.25) is 25.7 Å². The number of carbonyl (C=O) groups is 4. The van der Waals surface area contributed by atoms with Crippen LogP contribution in [-0.4, -0.2) is 88.6 Å². The number of hydrogen-bond acceptors (Lipinski definition) is 11. The molecule has 4 aromatic rings. The van der Waals surface area contributed by atoms with Gasteiger partial charge >= 0.3 is 19.2 Å². The maximum atomic E-state index is 14.9. The van der Waals surface area contributed by atoms with Gasteiger partial charge in [0.1, 0.15) is 36.8 Å². The van der Waals surface area contributed by atoms with Crippen LogP contribution < -0.4 is 20.3 Å². The van der Waals surface area contributed by atoms with Crippen LogP contribution in [0.3, 0.4) is 0 Å². The second kappa shape index (κ2) is 20.8. The highest BCUT2D eigenvalue weighted by Gasteiger charge is 2.53. The molecule has 1 fully saturated rings. The fraction of sp³-hybridized carbons (Fsp3) is 0.440. The van der Waals surface area contributed by atoms with Gasteiger partial charge in [-0.2, -0.15) is 0 Å². The Morgan fingerprint density at radius 3 is 2.08 bits per heavy atom. The molecule has 2 amide bonds. The monoisotopic (exact) mass is 906 g/mol. The molecule has 6 rings (SSSR count). The van der Waals surface area contributed by atoms with E-state index in [1.165, 1.54) is 19.1 Å². The van der Waals surface area contributed by atoms with Gasteiger partial charge in [-0.25, -0.2) is 9.59 Å². The molecular formula is C50H63BN2O11Si. The van der Waals surface area contributed by atoms with Gasteiger partial charge in [0.25, 0.3) is 0 Å². The second-order valence-corrected chi connectivity index (χ2v) is 24.7. The molecule has 13 nitrogen and oxygen atoms in total. The van der Waals surface area contributed by atoms with E-state index in [1.54, 1.807) is 19.1 Å². The van der Waals surface area contributed by atoms with Crippen molar-refractivity contribution >= 4 is 44.4 Å². The standard InChI is InChI=1S/C50H63BN2O11Si/c1-33-25-42(54)44(53(6)48(57)61-31-35-19-15-12-16-20-35)37-28-39(45(62-32-59-23-24-65(8,9)10)40(29-37)51-63-49(2,3)50(4,5)64-51)38-26-36(27-41(47(56)58-7)52-46(33)55)21-22-43(38)60-30-34-17-13-11-14-18-34/h11-22,26,28-29,33,41,44H,23-25,27,30-32H2,1-10H3,(H,52,55)/t33-,41+,44+/m1/s1. The highest BCUT2D eigenvalue weighted by atomic mass is 28.3. The van der Waals surface area contributed by atoms with E-state index < -0.39 is 68.1 Å². The van der Waals surface area contributed by atoms with Gasteiger partial charge in [0.05, 0.1) is 18.3 Å². The maximum Gasteiger partial charge on any atom is 0.498 e. The smallest absolute Gasteiger partial charge is 0.488 e. The van der Waals surface area contributed by atoms with Crippen molar-refractivity contribution in [3.63, 3.8) is 0 Å². The molecule has 3 atom stereocenters. The van der Waals surface area contributed by atoms with Crippen molar-refractivity contribution in [1.82, 2.24) is 10.2 Å². The Kier molecular flexibility index (Phi) is 15.7. The minimum atomic E-state index is -1.45. The zero-order valence-electron chi connectivity index (χ0n) is 39.4. The van der Waals surface area contributed by atoms with Crippen molar-refractivity contribution in [1.29, 1.82) is 0 Å². The lowest BCUT2D eigenvalue weighted by Gasteiger charge is -2.32. The van der Waals surface area contributed by atoms with Crippen LogP contribution >= 0.6 is 0 Å². The number of esters is 1. The van der Waals surface area contributed by atoms with Gasteiger partial charge < -0.3 is 38.3 Å². The Hall–Kier alpha value is -5.48. The predicted octanol–water partition coefficient (Wildman–Crippen LogP) is 8.04. The first-order valence-corrected chi connectivity index (χ1v) is 25.9. The van der Waals surface area contributed by atoms with Crippen LogP contribution in [0, 0.1) is 5.92 Å². The number of ether oxygens (including phenoxy) is 5. The quantitative estimate of drug-likeness (QED) is 0.0568. The molecule has 1 N–H and O–H groups in total. The molecule has 0 radical (unpaired) electrons. The van der Waals surface area contributed by atoms with E-state index in [0.717, 1.165) is 17.2 Å². The number of nitrogens with zero attached hydrogens (tertiary/aromatic N) is 1. The third-order valence-electron chi connectivity index (χ3n) is 12.2. The van der Waals surface area contributed by atoms with E-state index in [-0.39, 0.29) is 32.8 Å². The first-order chi connectivity index (χ1) is 30.8. The molecule has 0 aliphatic carbocycles. The molecule has 1 saturated heterocycles. The van der Waals surface area contributed by atoms with E-state index in [4.69, 9.17) is 33.0 Å². The molecule has 4 bridgehead atoms. The van der Waals surface area contributed by atoms with E-state index in [2.05, 4.69) is 25.0 Å². The highest BCUT2D eigenvalue weighted by Crippen LogP contribution is 2.43. The first-order valence-electron chi connectivity index (χ1n) is 22.2. The molecule has 2 aliphatic heterocycles. The average Bonchev–Trinajstić information content (AvgIpc) is 3.49. The number of fused-ring (bicyclic) bond motifs is 5. The van der Waals surface area contributed by atoms with Crippen LogP contribution in [0.5, 0.6) is 11.5 Å². The van der Waals surface area contributed by atoms with Gasteiger partial charge in [0.15, 0.2) is 12.6 Å². The number of ketones is 1. The lowest BCUT2D eigenvalue weighted by Crippen LogP contribution is -2.46. The third-order valence-corrected chi connectivity index (χ3v) is 13.9. The Morgan fingerprint density at radius 1 is 0.831 bits per heavy atom. The maximum absolute atomic E-state index is 14.9. The molecular weight excluding hydrogens is 843 g/mol. The molecule has 2 aliphatic rings. The normalized spacial score (nSPS) is 19.4. The van der Waals surface area contributed by atoms with Gasteiger partial charge in [-0.3, -0.25) is 14.5 Å². The average molecular weight is 907 g/mol. The van der Waals surface area contributed by atoms with Crippen molar-refractivity contribution in [3.05, 3.63) is 113 Å². The number of hydrogen-bond donors (Lipinski definition) is 1. The zero-order valence-corrected chi connectivity index (χ0v) is 40.4. The number of amides is 2. The molecule has 0 aromatic heterocycles. The summed E-state index contributed by atoms with van der Waals surface area (Å²) in [7, 11) is 0.298. The fourth-order valence-corrected chi connectivity index (χ4v) is 8.35. The number of carbonyl (C=O) groups excluding carboxylic acids is 4. The summed E-state index contributed by atoms with van der Waals surface area (Å²) in [5.74, 6) is -1.74. The van der Waals surface area contributed by atoms with Gasteiger partial charge in [0.2, 0.25) is 5.91 Å². The predicted molar refractivity (Wildman–Crippen MR) is 252 cm³/mol. The Balaban J connectivity index is 1.60. The van der Waals surface area contributed by atoms with Crippen LogP contribution in [0.4, 0.5) is 4.79 Å². The van der Waals surface area contributed by atoms with Crippen LogP contribution in [-0.2, 0) is 57.5 Å². The lowest BCUT2D eigenvalue weighted by atomic mass is 9.74. The number of nitrogens with one attached hydrogen (secondary N) is 1. The molecule has 0 saturated carbocycles. The van der Waals surface area contributed by atoms with Crippen LogP contribution in [0.25, 0.3) is 11.1 Å². The molecule has 0 unspecified atom stereocenters. The summed E-state index contributed by atoms with van der Waals surface area (Å²) in [5, 5.41) is 2.82. The number of Topliss-reactive ketones (excluding diaryl/α,β-unsaturated/α-hetero) is 1. The minimum Gasteiger partial charge on any atom is -0.488 e. The number of methoxy groups -OCH3 is 1. The Bertz CT molecular complexity index is 2300. The summed E-state index contributed by atoms with van der Waals surface area (Å²) in [6.07, 6.45) is -0.995. The summed E-state index contributed by atoms with van der Waals surface area (Å²) in [5.41, 5.74) is 2.65. The minimum absolute atomic E-state index is 0.0392. The van der Waals surface area contributed by atoms with Crippen molar-refractivity contribution in [3.8, 4) is 22.6 Å². The molecule has 4 aromatic carbocycles. The molecule has 65 heavy (non-hydrogen) atoms. The first kappa shape index (κ1) is 49.0. The SMILES string of the molecule is COC(=O)[C@@H]1Cc2ccc(OCc3ccccc3)c(c2)-c2cc(cc(B3OC(C)(C)C(C)(C)O3)c2OCOCC[Si](C)(C)C)[C@H](N(C)C(=O)OCc2ccccc2)C(=O)C[C@@H](C)C(=O)N1. The number of benzene rings is 4. The van der Waals surface area contributed by atoms with Gasteiger partial charge in [-0.05, 0) is 74.2 Å². The Labute approximate surface area is 384 Å². The summed E-state index contributed by atoms with van der Waals surface area (Å²) in [4.78, 5) is 57.4. The van der Waals surface area contributed by atoms with E-state index in [9.17, 15) is 19.2 Å². The molecule has 0 spiro atoms. The lowest BCUT2D eigenvalue weighted by molar-refractivity contribution is -0.145. The van der Waals surface area contributed by atoms with Crippen molar-refractivity contribution in [2.24, 2.45) is 5.92 Å². The second-order valence-electron chi connectivity index (χ2n) is 19.1. The van der Waals surface area contributed by atoms with Crippen LogP contribution in [0.1, 0.15) is 69.3 Å². The summed E-state index contributed by atoms with van der Waals surface area (Å²) in [6.45, 7) is 16.8. The molecule has 2 heterocycles. The topological polar surface area (TPSA) is 148 Å². The van der Waals surface area contributed by atoms with E-state index in [1.807, 2.05) is 107 Å². The van der Waals surface area contributed by atoms with Crippen molar-refractivity contribution < 1.29 is 52.2 Å². The van der Waals surface area contributed by atoms with E-state index >= 15 is 0 Å². The van der Waals surface area contributed by atoms with E-state index in [0.29, 0.717) is 45.8 Å². The van der Waals surface area contributed by atoms with Crippen molar-refractivity contribution in [2.75, 3.05) is 27.6 Å². The van der Waals surface area contributed by atoms with Gasteiger partial charge in [-0.1, -0.05) is 99.4 Å². The summed E-state index contributed by atoms with van der Waals surface area (Å²) >= 11 is 0. The zero-order chi connectivity index (χ0) is 47.1. The number of likely N-dealkylation sites (N-methyl/N-ethyl adjacent to an activating group) is 1. The molecule has 346 valence electrons. The fourth-order valence-electron chi connectivity index (χ4n) is 7.60. The third kappa shape index (κ3) is 12.3. The summed E-state index contributed by atoms with van der Waals surface area (Å²) in [6, 6.07) is 26.6. The number of rotatable bonds is 14. The highest BCUT2D eigenvalue weighted by molar-refractivity contribution is 6.76. The van der Waals surface area contributed by atoms with Crippen LogP contribution in [0.15, 0.2) is 91.0 Å². The summed E-state index contributed by atoms with van der Waals surface area (Å²) < 4.78 is 43.9. The van der Waals surface area contributed by atoms with Gasteiger partial charge in [-0.15, -0.1) is 0 Å².